The van der Waals surface area contributed by atoms with E-state index < -0.39 is 0 Å². The summed E-state index contributed by atoms with van der Waals surface area (Å²) >= 11 is 0. The Morgan fingerprint density at radius 2 is 2.21 bits per heavy atom. The number of aromatic nitrogens is 3. The minimum absolute atomic E-state index is 0.0548. The van der Waals surface area contributed by atoms with Gasteiger partial charge in [-0.1, -0.05) is 18.1 Å². The second-order valence-corrected chi connectivity index (χ2v) is 7.10. The maximum atomic E-state index is 13.6. The van der Waals surface area contributed by atoms with Crippen molar-refractivity contribution >= 4 is 17.0 Å². The number of carbonyl (C=O) groups is 1. The number of ether oxygens (including phenoxy) is 1. The fourth-order valence-corrected chi connectivity index (χ4v) is 3.61. The van der Waals surface area contributed by atoms with E-state index in [1.807, 2.05) is 43.0 Å². The highest BCUT2D eigenvalue weighted by Gasteiger charge is 2.27. The molecule has 4 rings (SSSR count). The highest BCUT2D eigenvalue weighted by atomic mass is 16.5. The molecule has 1 aliphatic rings. The van der Waals surface area contributed by atoms with E-state index in [1.165, 1.54) is 0 Å². The lowest BCUT2D eigenvalue weighted by atomic mass is 10.1. The molecular weight excluding hydrogens is 356 g/mol. The minimum Gasteiger partial charge on any atom is -0.376 e. The molecule has 0 saturated carbocycles. The summed E-state index contributed by atoms with van der Waals surface area (Å²) in [5.74, 6) is -0.0745. The van der Waals surface area contributed by atoms with Gasteiger partial charge in [-0.3, -0.25) is 9.78 Å². The topological polar surface area (TPSA) is 81.4 Å². The van der Waals surface area contributed by atoms with Gasteiger partial charge in [-0.05, 0) is 44.4 Å². The summed E-state index contributed by atoms with van der Waals surface area (Å²) in [7, 11) is 0. The molecule has 3 aromatic rings. The van der Waals surface area contributed by atoms with E-state index in [0.717, 1.165) is 30.8 Å². The summed E-state index contributed by atoms with van der Waals surface area (Å²) in [4.78, 5) is 24.3. The van der Waals surface area contributed by atoms with Gasteiger partial charge in [0.1, 0.15) is 0 Å². The van der Waals surface area contributed by atoms with Gasteiger partial charge in [0, 0.05) is 25.0 Å². The number of aryl methyl sites for hydroxylation is 2. The van der Waals surface area contributed by atoms with E-state index in [1.54, 1.807) is 6.20 Å². The van der Waals surface area contributed by atoms with Crippen LogP contribution in [0.25, 0.3) is 11.1 Å². The van der Waals surface area contributed by atoms with Crippen molar-refractivity contribution in [3.05, 3.63) is 53.1 Å². The van der Waals surface area contributed by atoms with E-state index >= 15 is 0 Å². The van der Waals surface area contributed by atoms with Crippen LogP contribution in [0.4, 0.5) is 0 Å². The number of hydrogen-bond donors (Lipinski definition) is 0. The Hall–Kier alpha value is -2.80. The summed E-state index contributed by atoms with van der Waals surface area (Å²) in [5, 5.41) is 4.70. The van der Waals surface area contributed by atoms with Crippen LogP contribution in [0.15, 0.2) is 35.0 Å². The first kappa shape index (κ1) is 18.6. The molecule has 28 heavy (non-hydrogen) atoms. The van der Waals surface area contributed by atoms with Gasteiger partial charge in [-0.15, -0.1) is 0 Å². The second kappa shape index (κ2) is 8.06. The normalized spacial score (nSPS) is 16.6. The Bertz CT molecular complexity index is 964. The smallest absolute Gasteiger partial charge is 0.258 e. The van der Waals surface area contributed by atoms with Crippen molar-refractivity contribution in [3.63, 3.8) is 0 Å². The van der Waals surface area contributed by atoms with Gasteiger partial charge in [0.05, 0.1) is 35.0 Å². The third-order valence-electron chi connectivity index (χ3n) is 5.08. The Morgan fingerprint density at radius 3 is 2.93 bits per heavy atom. The maximum absolute atomic E-state index is 13.6. The van der Waals surface area contributed by atoms with Crippen molar-refractivity contribution in [1.29, 1.82) is 0 Å². The van der Waals surface area contributed by atoms with Gasteiger partial charge < -0.3 is 14.2 Å². The first-order chi connectivity index (χ1) is 13.7. The number of fused-ring (bicyclic) bond motifs is 1. The Kier molecular flexibility index (Phi) is 5.34. The monoisotopic (exact) mass is 380 g/mol. The minimum atomic E-state index is -0.0745. The molecule has 0 radical (unpaired) electrons. The van der Waals surface area contributed by atoms with E-state index in [0.29, 0.717) is 41.9 Å². The third kappa shape index (κ3) is 3.75. The second-order valence-electron chi connectivity index (χ2n) is 7.10. The number of rotatable bonds is 6. The van der Waals surface area contributed by atoms with Gasteiger partial charge in [0.25, 0.3) is 11.6 Å². The Balaban J connectivity index is 1.71. The molecule has 7 nitrogen and oxygen atoms in total. The number of hydrogen-bond acceptors (Lipinski definition) is 6. The van der Waals surface area contributed by atoms with Gasteiger partial charge in [-0.25, -0.2) is 4.98 Å². The van der Waals surface area contributed by atoms with Crippen LogP contribution in [-0.4, -0.2) is 45.2 Å². The Morgan fingerprint density at radius 1 is 1.32 bits per heavy atom. The first-order valence-corrected chi connectivity index (χ1v) is 9.72. The Labute approximate surface area is 163 Å². The fourth-order valence-electron chi connectivity index (χ4n) is 3.61. The van der Waals surface area contributed by atoms with Gasteiger partial charge in [0.2, 0.25) is 0 Å². The fraction of sp³-hybridized carbons (Fsp3) is 0.429. The van der Waals surface area contributed by atoms with Crippen molar-refractivity contribution in [2.75, 3.05) is 13.2 Å². The molecule has 0 aliphatic carbocycles. The average molecular weight is 380 g/mol. The van der Waals surface area contributed by atoms with Crippen LogP contribution in [-0.2, 0) is 17.7 Å². The first-order valence-electron chi connectivity index (χ1n) is 9.72. The van der Waals surface area contributed by atoms with Crippen molar-refractivity contribution in [2.24, 2.45) is 0 Å². The van der Waals surface area contributed by atoms with Crippen molar-refractivity contribution in [3.8, 4) is 0 Å². The molecule has 0 aromatic carbocycles. The molecule has 0 bridgehead atoms. The average Bonchev–Trinajstić information content (AvgIpc) is 3.37. The van der Waals surface area contributed by atoms with Crippen LogP contribution < -0.4 is 0 Å². The van der Waals surface area contributed by atoms with Crippen molar-refractivity contribution in [2.45, 2.75) is 45.8 Å². The lowest BCUT2D eigenvalue weighted by Crippen LogP contribution is -2.37. The van der Waals surface area contributed by atoms with Crippen LogP contribution in [0, 0.1) is 6.92 Å². The summed E-state index contributed by atoms with van der Waals surface area (Å²) in [6, 6.07) is 7.59. The zero-order valence-electron chi connectivity index (χ0n) is 16.2. The summed E-state index contributed by atoms with van der Waals surface area (Å²) in [6.45, 7) is 5.55. The number of amides is 1. The summed E-state index contributed by atoms with van der Waals surface area (Å²) in [5.41, 5.74) is 3.31. The highest BCUT2D eigenvalue weighted by molar-refractivity contribution is 6.06. The largest absolute Gasteiger partial charge is 0.376 e. The van der Waals surface area contributed by atoms with Crippen molar-refractivity contribution in [1.82, 2.24) is 20.0 Å². The third-order valence-corrected chi connectivity index (χ3v) is 5.08. The van der Waals surface area contributed by atoms with Crippen LogP contribution >= 0.6 is 0 Å². The summed E-state index contributed by atoms with van der Waals surface area (Å²) in [6.07, 6.45) is 4.50. The van der Waals surface area contributed by atoms with Crippen LogP contribution in [0.3, 0.4) is 0 Å². The van der Waals surface area contributed by atoms with E-state index in [4.69, 9.17) is 9.26 Å². The molecule has 3 aromatic heterocycles. The molecule has 0 spiro atoms. The zero-order valence-corrected chi connectivity index (χ0v) is 16.2. The van der Waals surface area contributed by atoms with Gasteiger partial charge >= 0.3 is 0 Å². The van der Waals surface area contributed by atoms with Crippen LogP contribution in [0.5, 0.6) is 0 Å². The maximum Gasteiger partial charge on any atom is 0.258 e. The van der Waals surface area contributed by atoms with Gasteiger partial charge in [-0.2, -0.15) is 0 Å². The molecule has 146 valence electrons. The quantitative estimate of drug-likeness (QED) is 0.653. The van der Waals surface area contributed by atoms with E-state index in [-0.39, 0.29) is 12.0 Å². The SMILES string of the molecule is CCc1cc(C(=O)N(Cc2ccccn2)C[C@@H]2CCCO2)c2c(C)noc2n1. The predicted molar refractivity (Wildman–Crippen MR) is 104 cm³/mol. The van der Waals surface area contributed by atoms with E-state index in [2.05, 4.69) is 15.1 Å². The lowest BCUT2D eigenvalue weighted by Gasteiger charge is -2.25. The number of nitrogens with zero attached hydrogens (tertiary/aromatic N) is 4. The predicted octanol–water partition coefficient (Wildman–Crippen LogP) is 3.31. The molecular formula is C21H24N4O3. The molecule has 1 aliphatic heterocycles. The molecule has 0 N–H and O–H groups in total. The molecule has 0 unspecified atom stereocenters. The molecule has 1 amide bonds. The van der Waals surface area contributed by atoms with Crippen LogP contribution in [0.2, 0.25) is 0 Å². The molecule has 7 heteroatoms. The lowest BCUT2D eigenvalue weighted by molar-refractivity contribution is 0.0505. The summed E-state index contributed by atoms with van der Waals surface area (Å²) < 4.78 is 11.1. The number of pyridine rings is 2. The molecule has 4 heterocycles. The van der Waals surface area contributed by atoms with E-state index in [9.17, 15) is 4.79 Å². The molecule has 1 fully saturated rings. The number of carbonyl (C=O) groups excluding carboxylic acids is 1. The van der Waals surface area contributed by atoms with Gasteiger partial charge in [0.15, 0.2) is 0 Å². The molecule has 1 atom stereocenters. The zero-order chi connectivity index (χ0) is 19.5. The van der Waals surface area contributed by atoms with Crippen LogP contribution in [0.1, 0.15) is 47.2 Å². The van der Waals surface area contributed by atoms with Crippen molar-refractivity contribution < 1.29 is 14.1 Å². The molecule has 1 saturated heterocycles. The highest BCUT2D eigenvalue weighted by Crippen LogP contribution is 2.25. The standard InChI is InChI=1S/C21H24N4O3/c1-3-15-11-18(19-14(2)24-28-20(19)23-15)21(26)25(13-17-8-6-10-27-17)12-16-7-4-5-9-22-16/h4-5,7,9,11,17H,3,6,8,10,12-13H2,1-2H3/t17-/m0/s1.